The van der Waals surface area contributed by atoms with E-state index in [2.05, 4.69) is 43.4 Å². The molecule has 0 fully saturated rings. The number of hydrogen-bond acceptors (Lipinski definition) is 3. The third-order valence-electron chi connectivity index (χ3n) is 5.23. The zero-order chi connectivity index (χ0) is 20.4. The minimum absolute atomic E-state index is 0.0568. The number of ether oxygens (including phenoxy) is 1. The van der Waals surface area contributed by atoms with Crippen molar-refractivity contribution in [1.29, 1.82) is 0 Å². The fourth-order valence-electron chi connectivity index (χ4n) is 3.86. The highest BCUT2D eigenvalue weighted by Gasteiger charge is 2.25. The Morgan fingerprint density at radius 1 is 1.03 bits per heavy atom. The minimum Gasteiger partial charge on any atom is -0.493 e. The summed E-state index contributed by atoms with van der Waals surface area (Å²) in [6.07, 6.45) is 2.97. The molecule has 1 aromatic carbocycles. The van der Waals surface area contributed by atoms with Crippen molar-refractivity contribution < 1.29 is 9.53 Å². The van der Waals surface area contributed by atoms with E-state index in [4.69, 9.17) is 4.74 Å². The lowest BCUT2D eigenvalue weighted by Crippen LogP contribution is -2.15. The highest BCUT2D eigenvalue weighted by atomic mass is 16.5. The van der Waals surface area contributed by atoms with E-state index in [1.54, 1.807) is 0 Å². The third kappa shape index (κ3) is 3.89. The molecule has 4 nitrogen and oxygen atoms in total. The van der Waals surface area contributed by atoms with Gasteiger partial charge in [0.15, 0.2) is 0 Å². The number of aryl methyl sites for hydroxylation is 1. The van der Waals surface area contributed by atoms with Crippen molar-refractivity contribution in [2.45, 2.75) is 13.3 Å². The Labute approximate surface area is 172 Å². The monoisotopic (exact) mass is 386 g/mol. The first kappa shape index (κ1) is 19.2. The second-order valence-electron chi connectivity index (χ2n) is 7.72. The van der Waals surface area contributed by atoms with E-state index in [0.29, 0.717) is 12.2 Å². The number of carbonyl (C=O) groups excluding carboxylic acids is 1. The maximum atomic E-state index is 12.5. The Hall–Kier alpha value is -3.11. The largest absolute Gasteiger partial charge is 0.493 e. The van der Waals surface area contributed by atoms with Crippen LogP contribution in [0.25, 0.3) is 22.8 Å². The van der Waals surface area contributed by atoms with Crippen LogP contribution in [0, 0.1) is 6.92 Å². The van der Waals surface area contributed by atoms with Gasteiger partial charge in [0.25, 0.3) is 5.91 Å². The van der Waals surface area contributed by atoms with Gasteiger partial charge in [-0.3, -0.25) is 4.79 Å². The van der Waals surface area contributed by atoms with E-state index in [1.165, 1.54) is 0 Å². The Bertz CT molecular complexity index is 1050. The lowest BCUT2D eigenvalue weighted by Gasteiger charge is -2.12. The van der Waals surface area contributed by atoms with E-state index >= 15 is 0 Å². The summed E-state index contributed by atoms with van der Waals surface area (Å²) < 4.78 is 6.14. The molecule has 3 aliphatic rings. The van der Waals surface area contributed by atoms with Crippen LogP contribution >= 0.6 is 0 Å². The van der Waals surface area contributed by atoms with Crippen LogP contribution in [0.2, 0.25) is 0 Å². The number of carbonyl (C=O) groups is 1. The number of para-hydroxylation sites is 1. The normalized spacial score (nSPS) is 14.5. The summed E-state index contributed by atoms with van der Waals surface area (Å²) in [5, 5.41) is 2.95. The van der Waals surface area contributed by atoms with Crippen LogP contribution in [0.1, 0.15) is 23.1 Å². The van der Waals surface area contributed by atoms with Crippen molar-refractivity contribution in [1.82, 2.24) is 4.90 Å². The summed E-state index contributed by atoms with van der Waals surface area (Å²) in [6, 6.07) is 18.1. The Morgan fingerprint density at radius 2 is 1.76 bits per heavy atom. The Morgan fingerprint density at radius 3 is 2.55 bits per heavy atom. The molecule has 0 aromatic heterocycles. The number of fused-ring (bicyclic) bond motifs is 2. The fourth-order valence-corrected chi connectivity index (χ4v) is 3.86. The SMILES string of the molecule is Cc1cc(C=C2C(=O)Nc3ccccc32)c2ccccc(OCCCN(C)C)c1-2. The molecule has 148 valence electrons. The average molecular weight is 386 g/mol. The first-order valence-electron chi connectivity index (χ1n) is 9.97. The zero-order valence-corrected chi connectivity index (χ0v) is 17.2. The molecule has 0 unspecified atom stereocenters. The summed E-state index contributed by atoms with van der Waals surface area (Å²) in [5.41, 5.74) is 6.91. The van der Waals surface area contributed by atoms with Crippen molar-refractivity contribution in [3.63, 3.8) is 0 Å². The predicted molar refractivity (Wildman–Crippen MR) is 119 cm³/mol. The number of hydrogen-bond donors (Lipinski definition) is 1. The first-order valence-corrected chi connectivity index (χ1v) is 9.97. The van der Waals surface area contributed by atoms with E-state index in [9.17, 15) is 4.79 Å². The van der Waals surface area contributed by atoms with E-state index < -0.39 is 0 Å². The van der Waals surface area contributed by atoms with Gasteiger partial charge in [-0.05, 0) is 62.3 Å². The molecule has 0 saturated heterocycles. The molecule has 1 aliphatic heterocycles. The molecule has 4 rings (SSSR count). The van der Waals surface area contributed by atoms with Gasteiger partial charge in [-0.2, -0.15) is 0 Å². The van der Waals surface area contributed by atoms with Crippen LogP contribution in [-0.2, 0) is 4.79 Å². The number of nitrogens with one attached hydrogen (secondary N) is 1. The Balaban J connectivity index is 1.68. The number of anilines is 1. The van der Waals surface area contributed by atoms with Gasteiger partial charge in [-0.1, -0.05) is 42.5 Å². The van der Waals surface area contributed by atoms with Crippen molar-refractivity contribution >= 4 is 23.2 Å². The van der Waals surface area contributed by atoms with Crippen LogP contribution in [0.3, 0.4) is 0 Å². The van der Waals surface area contributed by atoms with Crippen LogP contribution in [0.5, 0.6) is 5.75 Å². The third-order valence-corrected chi connectivity index (χ3v) is 5.23. The summed E-state index contributed by atoms with van der Waals surface area (Å²) >= 11 is 0. The standard InChI is InChI=1S/C25H26N2O2/c1-17-15-18(16-21-20-10-4-6-11-22(20)26-25(21)28)19-9-5-7-12-23(24(17)19)29-14-8-13-27(2)3/h4-7,9-12,15-16H,8,13-14H2,1-3H3,(H,26,28). The lowest BCUT2D eigenvalue weighted by molar-refractivity contribution is -0.110. The maximum absolute atomic E-state index is 12.5. The van der Waals surface area contributed by atoms with Crippen molar-refractivity contribution in [2.24, 2.45) is 0 Å². The predicted octanol–water partition coefficient (Wildman–Crippen LogP) is 4.92. The molecule has 0 radical (unpaired) electrons. The van der Waals surface area contributed by atoms with Crippen LogP contribution in [0.4, 0.5) is 5.69 Å². The molecule has 0 bridgehead atoms. The van der Waals surface area contributed by atoms with E-state index in [0.717, 1.165) is 52.2 Å². The van der Waals surface area contributed by atoms with Gasteiger partial charge >= 0.3 is 0 Å². The van der Waals surface area contributed by atoms with Crippen LogP contribution < -0.4 is 10.1 Å². The number of benzene rings is 1. The summed E-state index contributed by atoms with van der Waals surface area (Å²) in [7, 11) is 4.14. The van der Waals surface area contributed by atoms with Gasteiger partial charge in [0, 0.05) is 28.9 Å². The van der Waals surface area contributed by atoms with Gasteiger partial charge in [0.2, 0.25) is 0 Å². The van der Waals surface area contributed by atoms with Gasteiger partial charge in [0.05, 0.1) is 6.61 Å². The van der Waals surface area contributed by atoms with Gasteiger partial charge in [0.1, 0.15) is 5.75 Å². The maximum Gasteiger partial charge on any atom is 0.256 e. The first-order chi connectivity index (χ1) is 14.0. The number of amides is 1. The number of rotatable bonds is 6. The van der Waals surface area contributed by atoms with E-state index in [1.807, 2.05) is 48.5 Å². The molecule has 1 N–H and O–H groups in total. The zero-order valence-electron chi connectivity index (χ0n) is 17.2. The van der Waals surface area contributed by atoms with Crippen LogP contribution in [-0.4, -0.2) is 38.1 Å². The quantitative estimate of drug-likeness (QED) is 0.483. The second kappa shape index (κ2) is 8.10. The molecule has 0 spiro atoms. The molecule has 2 aliphatic carbocycles. The van der Waals surface area contributed by atoms with Gasteiger partial charge in [-0.25, -0.2) is 0 Å². The lowest BCUT2D eigenvalue weighted by atomic mass is 10.0. The molecular formula is C25H26N2O2. The van der Waals surface area contributed by atoms with Gasteiger partial charge in [-0.15, -0.1) is 0 Å². The van der Waals surface area contributed by atoms with Crippen molar-refractivity contribution in [3.05, 3.63) is 71.3 Å². The highest BCUT2D eigenvalue weighted by Crippen LogP contribution is 2.41. The summed E-state index contributed by atoms with van der Waals surface area (Å²) in [6.45, 7) is 3.77. The summed E-state index contributed by atoms with van der Waals surface area (Å²) in [4.78, 5) is 14.7. The second-order valence-corrected chi connectivity index (χ2v) is 7.72. The van der Waals surface area contributed by atoms with Crippen molar-refractivity contribution in [2.75, 3.05) is 32.6 Å². The summed E-state index contributed by atoms with van der Waals surface area (Å²) in [5.74, 6) is 0.834. The smallest absolute Gasteiger partial charge is 0.256 e. The topological polar surface area (TPSA) is 41.6 Å². The van der Waals surface area contributed by atoms with Crippen LogP contribution in [0.15, 0.2) is 54.6 Å². The molecular weight excluding hydrogens is 360 g/mol. The molecule has 4 heteroatoms. The van der Waals surface area contributed by atoms with Crippen molar-refractivity contribution in [3.8, 4) is 16.9 Å². The molecule has 1 heterocycles. The molecule has 0 saturated carbocycles. The fraction of sp³-hybridized carbons (Fsp3) is 0.240. The average Bonchev–Trinajstić information content (AvgIpc) is 3.06. The van der Waals surface area contributed by atoms with E-state index in [-0.39, 0.29) is 5.91 Å². The Kier molecular flexibility index (Phi) is 5.36. The molecule has 0 atom stereocenters. The highest BCUT2D eigenvalue weighted by molar-refractivity contribution is 6.35. The molecule has 29 heavy (non-hydrogen) atoms. The number of nitrogens with zero attached hydrogens (tertiary/aromatic N) is 1. The van der Waals surface area contributed by atoms with Gasteiger partial charge < -0.3 is 15.0 Å². The minimum atomic E-state index is -0.0568. The molecule has 1 amide bonds. The molecule has 1 aromatic rings.